The van der Waals surface area contributed by atoms with E-state index >= 15 is 0 Å². The summed E-state index contributed by atoms with van der Waals surface area (Å²) < 4.78 is 40.5. The topological polar surface area (TPSA) is 33.1 Å². The lowest BCUT2D eigenvalue weighted by Gasteiger charge is -2.30. The van der Waals surface area contributed by atoms with Gasteiger partial charge in [0.05, 0.1) is 5.52 Å². The molecule has 1 N–H and O–H groups in total. The van der Waals surface area contributed by atoms with Crippen LogP contribution >= 0.6 is 0 Å². The molecule has 0 saturated heterocycles. The lowest BCUT2D eigenvalue weighted by Crippen LogP contribution is -2.49. The Morgan fingerprint density at radius 1 is 0.792 bits per heavy atom. The molecule has 1 aromatic heterocycles. The fourth-order valence-electron chi connectivity index (χ4n) is 2.70. The SMILES string of the molecule is OC(Cc1ccccc1)(Cc1ccc2ccccc2n1)C(F)(F)F. The molecule has 5 heteroatoms. The second-order valence-electron chi connectivity index (χ2n) is 5.86. The van der Waals surface area contributed by atoms with Gasteiger partial charge < -0.3 is 5.11 Å². The fraction of sp³-hybridized carbons (Fsp3) is 0.211. The molecule has 1 unspecified atom stereocenters. The van der Waals surface area contributed by atoms with E-state index < -0.39 is 24.6 Å². The van der Waals surface area contributed by atoms with Crippen molar-refractivity contribution in [3.8, 4) is 0 Å². The molecule has 0 aliphatic rings. The summed E-state index contributed by atoms with van der Waals surface area (Å²) in [6.45, 7) is 0. The van der Waals surface area contributed by atoms with Gasteiger partial charge in [0.15, 0.2) is 5.60 Å². The van der Waals surface area contributed by atoms with Crippen molar-refractivity contribution in [2.45, 2.75) is 24.6 Å². The van der Waals surface area contributed by atoms with E-state index in [0.717, 1.165) is 5.39 Å². The van der Waals surface area contributed by atoms with Crippen LogP contribution in [0.1, 0.15) is 11.3 Å². The zero-order chi connectivity index (χ0) is 17.2. The van der Waals surface area contributed by atoms with E-state index in [-0.39, 0.29) is 5.69 Å². The number of fused-ring (bicyclic) bond motifs is 1. The van der Waals surface area contributed by atoms with Gasteiger partial charge in [0, 0.05) is 23.9 Å². The number of hydrogen-bond donors (Lipinski definition) is 1. The largest absolute Gasteiger partial charge is 0.417 e. The predicted molar refractivity (Wildman–Crippen MR) is 86.6 cm³/mol. The number of rotatable bonds is 4. The molecule has 0 saturated carbocycles. The third-order valence-electron chi connectivity index (χ3n) is 4.00. The van der Waals surface area contributed by atoms with Crippen molar-refractivity contribution in [2.75, 3.05) is 0 Å². The van der Waals surface area contributed by atoms with Crippen LogP contribution in [0, 0.1) is 0 Å². The zero-order valence-electron chi connectivity index (χ0n) is 12.8. The highest BCUT2D eigenvalue weighted by Crippen LogP contribution is 2.36. The summed E-state index contributed by atoms with van der Waals surface area (Å²) in [7, 11) is 0. The molecule has 2 aromatic carbocycles. The molecule has 0 radical (unpaired) electrons. The van der Waals surface area contributed by atoms with Crippen LogP contribution in [0.2, 0.25) is 0 Å². The van der Waals surface area contributed by atoms with Gasteiger partial charge in [0.2, 0.25) is 0 Å². The molecule has 1 heterocycles. The second kappa shape index (κ2) is 6.24. The fourth-order valence-corrected chi connectivity index (χ4v) is 2.70. The van der Waals surface area contributed by atoms with Crippen molar-refractivity contribution >= 4 is 10.9 Å². The monoisotopic (exact) mass is 331 g/mol. The van der Waals surface area contributed by atoms with Crippen LogP contribution in [0.15, 0.2) is 66.7 Å². The summed E-state index contributed by atoms with van der Waals surface area (Å²) in [6.07, 6.45) is -5.85. The van der Waals surface area contributed by atoms with Crippen molar-refractivity contribution in [3.63, 3.8) is 0 Å². The Balaban J connectivity index is 1.93. The molecule has 3 rings (SSSR count). The number of aromatic nitrogens is 1. The van der Waals surface area contributed by atoms with Gasteiger partial charge in [0.25, 0.3) is 0 Å². The molecule has 0 spiro atoms. The highest BCUT2D eigenvalue weighted by atomic mass is 19.4. The van der Waals surface area contributed by atoms with E-state index in [1.165, 1.54) is 6.07 Å². The van der Waals surface area contributed by atoms with Gasteiger partial charge in [-0.25, -0.2) is 0 Å². The van der Waals surface area contributed by atoms with Crippen LogP contribution in [0.4, 0.5) is 13.2 Å². The molecule has 24 heavy (non-hydrogen) atoms. The average Bonchev–Trinajstić information content (AvgIpc) is 2.54. The van der Waals surface area contributed by atoms with Crippen LogP contribution in [-0.4, -0.2) is 21.9 Å². The summed E-state index contributed by atoms with van der Waals surface area (Å²) in [5.74, 6) is 0. The summed E-state index contributed by atoms with van der Waals surface area (Å²) in [6, 6.07) is 18.6. The van der Waals surface area contributed by atoms with Gasteiger partial charge in [-0.2, -0.15) is 13.2 Å². The van der Waals surface area contributed by atoms with E-state index in [1.54, 1.807) is 48.5 Å². The first-order chi connectivity index (χ1) is 11.4. The maximum atomic E-state index is 13.5. The van der Waals surface area contributed by atoms with E-state index in [0.29, 0.717) is 11.1 Å². The highest BCUT2D eigenvalue weighted by Gasteiger charge is 2.53. The second-order valence-corrected chi connectivity index (χ2v) is 5.86. The molecule has 0 bridgehead atoms. The number of nitrogens with zero attached hydrogens (tertiary/aromatic N) is 1. The highest BCUT2D eigenvalue weighted by molar-refractivity contribution is 5.78. The maximum Gasteiger partial charge on any atom is 0.417 e. The number of hydrogen-bond acceptors (Lipinski definition) is 2. The van der Waals surface area contributed by atoms with Crippen molar-refractivity contribution in [2.24, 2.45) is 0 Å². The van der Waals surface area contributed by atoms with Crippen molar-refractivity contribution in [1.82, 2.24) is 4.98 Å². The molecular weight excluding hydrogens is 315 g/mol. The first-order valence-electron chi connectivity index (χ1n) is 7.55. The molecule has 0 amide bonds. The Hall–Kier alpha value is -2.40. The van der Waals surface area contributed by atoms with Crippen LogP contribution < -0.4 is 0 Å². The summed E-state index contributed by atoms with van der Waals surface area (Å²) in [5.41, 5.74) is -1.61. The van der Waals surface area contributed by atoms with E-state index in [1.807, 2.05) is 12.1 Å². The zero-order valence-corrected chi connectivity index (χ0v) is 12.8. The minimum absolute atomic E-state index is 0.212. The maximum absolute atomic E-state index is 13.5. The van der Waals surface area contributed by atoms with Crippen molar-refractivity contribution in [1.29, 1.82) is 0 Å². The molecule has 0 aliphatic heterocycles. The normalized spacial score (nSPS) is 14.5. The van der Waals surface area contributed by atoms with Gasteiger partial charge >= 0.3 is 6.18 Å². The van der Waals surface area contributed by atoms with E-state index in [9.17, 15) is 18.3 Å². The molecule has 0 aliphatic carbocycles. The molecule has 1 atom stereocenters. The Kier molecular flexibility index (Phi) is 4.28. The lowest BCUT2D eigenvalue weighted by atomic mass is 9.89. The van der Waals surface area contributed by atoms with Crippen LogP contribution in [0.25, 0.3) is 10.9 Å². The lowest BCUT2D eigenvalue weighted by molar-refractivity contribution is -0.259. The number of aliphatic hydroxyl groups is 1. The number of para-hydroxylation sites is 1. The van der Waals surface area contributed by atoms with Gasteiger partial charge in [-0.05, 0) is 17.7 Å². The van der Waals surface area contributed by atoms with Crippen LogP contribution in [0.5, 0.6) is 0 Å². The van der Waals surface area contributed by atoms with Gasteiger partial charge in [-0.3, -0.25) is 4.98 Å². The molecular formula is C19H16F3NO. The quantitative estimate of drug-likeness (QED) is 0.773. The van der Waals surface area contributed by atoms with Crippen molar-refractivity contribution in [3.05, 3.63) is 78.0 Å². The minimum Gasteiger partial charge on any atom is -0.380 e. The standard InChI is InChI=1S/C19H16F3NO/c20-19(21,22)18(24,12-14-6-2-1-3-7-14)13-16-11-10-15-8-4-5-9-17(15)23-16/h1-11,24H,12-13H2. The van der Waals surface area contributed by atoms with Crippen molar-refractivity contribution < 1.29 is 18.3 Å². The number of pyridine rings is 1. The smallest absolute Gasteiger partial charge is 0.380 e. The summed E-state index contributed by atoms with van der Waals surface area (Å²) in [5, 5.41) is 11.2. The van der Waals surface area contributed by atoms with Crippen LogP contribution in [0.3, 0.4) is 0 Å². The van der Waals surface area contributed by atoms with E-state index in [4.69, 9.17) is 0 Å². The summed E-state index contributed by atoms with van der Waals surface area (Å²) >= 11 is 0. The average molecular weight is 331 g/mol. The Labute approximate surface area is 137 Å². The van der Waals surface area contributed by atoms with Gasteiger partial charge in [0.1, 0.15) is 0 Å². The third kappa shape index (κ3) is 3.41. The van der Waals surface area contributed by atoms with E-state index in [2.05, 4.69) is 4.98 Å². The first kappa shape index (κ1) is 16.5. The Morgan fingerprint density at radius 2 is 1.46 bits per heavy atom. The number of benzene rings is 2. The third-order valence-corrected chi connectivity index (χ3v) is 4.00. The van der Waals surface area contributed by atoms with Crippen LogP contribution in [-0.2, 0) is 12.8 Å². The Bertz CT molecular complexity index is 833. The first-order valence-corrected chi connectivity index (χ1v) is 7.55. The molecule has 0 fully saturated rings. The number of alkyl halides is 3. The Morgan fingerprint density at radius 3 is 2.17 bits per heavy atom. The van der Waals surface area contributed by atoms with Gasteiger partial charge in [-0.1, -0.05) is 54.6 Å². The summed E-state index contributed by atoms with van der Waals surface area (Å²) in [4.78, 5) is 4.26. The minimum atomic E-state index is -4.75. The number of halogens is 3. The van der Waals surface area contributed by atoms with Gasteiger partial charge in [-0.15, -0.1) is 0 Å². The predicted octanol–water partition coefficient (Wildman–Crippen LogP) is 4.31. The molecule has 3 aromatic rings. The molecule has 124 valence electrons. The molecule has 2 nitrogen and oxygen atoms in total.